The minimum Gasteiger partial charge on any atom is -0.366 e. The molecule has 0 spiro atoms. The lowest BCUT2D eigenvalue weighted by Crippen LogP contribution is -2.30. The molecule has 2 heterocycles. The largest absolute Gasteiger partial charge is 0.366 e. The molecule has 1 aliphatic rings. The summed E-state index contributed by atoms with van der Waals surface area (Å²) in [6.07, 6.45) is 6.88. The standard InChI is InChI=1S/C15H20N4O/c1-10-6-3-4-8-13(10)18-14-12(7-5-9-16-14)15-17-11(2)19-20-15/h5,7,9-10,13H,3-4,6,8H2,1-2H3,(H,16,18). The van der Waals surface area contributed by atoms with E-state index in [9.17, 15) is 0 Å². The van der Waals surface area contributed by atoms with Gasteiger partial charge in [0, 0.05) is 12.2 Å². The van der Waals surface area contributed by atoms with Crippen LogP contribution < -0.4 is 5.32 Å². The summed E-state index contributed by atoms with van der Waals surface area (Å²) in [5.74, 6) is 2.68. The molecule has 1 saturated carbocycles. The first-order valence-corrected chi connectivity index (χ1v) is 7.26. The first-order chi connectivity index (χ1) is 9.74. The van der Waals surface area contributed by atoms with Gasteiger partial charge >= 0.3 is 0 Å². The number of nitrogens with one attached hydrogen (secondary N) is 1. The summed E-state index contributed by atoms with van der Waals surface area (Å²) in [5, 5.41) is 7.42. The highest BCUT2D eigenvalue weighted by Crippen LogP contribution is 2.30. The van der Waals surface area contributed by atoms with Gasteiger partial charge in [-0.3, -0.25) is 0 Å². The predicted octanol–water partition coefficient (Wildman–Crippen LogP) is 3.43. The number of aryl methyl sites for hydroxylation is 1. The lowest BCUT2D eigenvalue weighted by molar-refractivity contribution is 0.349. The average molecular weight is 272 g/mol. The summed E-state index contributed by atoms with van der Waals surface area (Å²) in [4.78, 5) is 8.75. The van der Waals surface area contributed by atoms with Crippen LogP contribution in [0.15, 0.2) is 22.9 Å². The lowest BCUT2D eigenvalue weighted by atomic mass is 9.86. The molecule has 0 bridgehead atoms. The van der Waals surface area contributed by atoms with Crippen LogP contribution in [0.25, 0.3) is 11.5 Å². The van der Waals surface area contributed by atoms with Crippen LogP contribution in [0.2, 0.25) is 0 Å². The van der Waals surface area contributed by atoms with E-state index in [1.165, 1.54) is 25.7 Å². The van der Waals surface area contributed by atoms with Crippen LogP contribution in [0.3, 0.4) is 0 Å². The van der Waals surface area contributed by atoms with Crippen LogP contribution in [-0.4, -0.2) is 21.2 Å². The lowest BCUT2D eigenvalue weighted by Gasteiger charge is -2.30. The van der Waals surface area contributed by atoms with Crippen molar-refractivity contribution in [1.82, 2.24) is 15.1 Å². The molecule has 2 aromatic heterocycles. The normalized spacial score (nSPS) is 22.7. The fourth-order valence-corrected chi connectivity index (χ4v) is 2.81. The van der Waals surface area contributed by atoms with Gasteiger partial charge in [-0.05, 0) is 37.8 Å². The number of anilines is 1. The Hall–Kier alpha value is -1.91. The molecular weight excluding hydrogens is 252 g/mol. The van der Waals surface area contributed by atoms with Crippen LogP contribution in [0.4, 0.5) is 5.82 Å². The summed E-state index contributed by atoms with van der Waals surface area (Å²) >= 11 is 0. The van der Waals surface area contributed by atoms with Crippen molar-refractivity contribution >= 4 is 5.82 Å². The second-order valence-electron chi connectivity index (χ2n) is 5.56. The van der Waals surface area contributed by atoms with Gasteiger partial charge in [0.05, 0.1) is 5.56 Å². The molecule has 1 fully saturated rings. The van der Waals surface area contributed by atoms with Crippen molar-refractivity contribution in [3.05, 3.63) is 24.2 Å². The van der Waals surface area contributed by atoms with Crippen molar-refractivity contribution in [2.24, 2.45) is 5.92 Å². The maximum absolute atomic E-state index is 5.27. The van der Waals surface area contributed by atoms with Gasteiger partial charge in [-0.1, -0.05) is 24.9 Å². The van der Waals surface area contributed by atoms with Crippen LogP contribution in [0.5, 0.6) is 0 Å². The zero-order valence-corrected chi connectivity index (χ0v) is 12.0. The van der Waals surface area contributed by atoms with Crippen molar-refractivity contribution in [2.45, 2.75) is 45.6 Å². The Morgan fingerprint density at radius 2 is 2.15 bits per heavy atom. The zero-order valence-electron chi connectivity index (χ0n) is 12.0. The Bertz CT molecular complexity index is 581. The van der Waals surface area contributed by atoms with E-state index in [-0.39, 0.29) is 0 Å². The second kappa shape index (κ2) is 5.61. The Morgan fingerprint density at radius 1 is 1.30 bits per heavy atom. The smallest absolute Gasteiger partial charge is 0.261 e. The van der Waals surface area contributed by atoms with Crippen molar-refractivity contribution in [1.29, 1.82) is 0 Å². The molecule has 2 atom stereocenters. The predicted molar refractivity (Wildman–Crippen MR) is 77.3 cm³/mol. The summed E-state index contributed by atoms with van der Waals surface area (Å²) in [5.41, 5.74) is 0.880. The Morgan fingerprint density at radius 3 is 2.90 bits per heavy atom. The quantitative estimate of drug-likeness (QED) is 0.927. The molecule has 0 saturated heterocycles. The first-order valence-electron chi connectivity index (χ1n) is 7.26. The maximum Gasteiger partial charge on any atom is 0.261 e. The summed E-state index contributed by atoms with van der Waals surface area (Å²) < 4.78 is 5.27. The van der Waals surface area contributed by atoms with Gasteiger partial charge in [0.15, 0.2) is 5.82 Å². The van der Waals surface area contributed by atoms with Gasteiger partial charge in [-0.25, -0.2) is 4.98 Å². The molecule has 5 nitrogen and oxygen atoms in total. The number of hydrogen-bond donors (Lipinski definition) is 1. The van der Waals surface area contributed by atoms with E-state index in [0.29, 0.717) is 23.7 Å². The zero-order chi connectivity index (χ0) is 13.9. The maximum atomic E-state index is 5.27. The van der Waals surface area contributed by atoms with Gasteiger partial charge in [0.25, 0.3) is 5.89 Å². The third-order valence-corrected chi connectivity index (χ3v) is 4.00. The van der Waals surface area contributed by atoms with Crippen LogP contribution in [0, 0.1) is 12.8 Å². The SMILES string of the molecule is Cc1noc(-c2cccnc2NC2CCCCC2C)n1. The van der Waals surface area contributed by atoms with E-state index in [2.05, 4.69) is 27.4 Å². The molecule has 3 rings (SSSR count). The number of pyridine rings is 1. The fourth-order valence-electron chi connectivity index (χ4n) is 2.81. The number of hydrogen-bond acceptors (Lipinski definition) is 5. The topological polar surface area (TPSA) is 63.8 Å². The Balaban J connectivity index is 1.86. The minimum atomic E-state index is 0.474. The molecule has 2 aromatic rings. The number of rotatable bonds is 3. The van der Waals surface area contributed by atoms with Crippen molar-refractivity contribution in [3.63, 3.8) is 0 Å². The van der Waals surface area contributed by atoms with Crippen molar-refractivity contribution in [2.75, 3.05) is 5.32 Å². The molecular formula is C15H20N4O. The molecule has 0 amide bonds. The van der Waals surface area contributed by atoms with E-state index in [1.54, 1.807) is 6.20 Å². The molecule has 106 valence electrons. The molecule has 20 heavy (non-hydrogen) atoms. The molecule has 0 aliphatic heterocycles. The van der Waals surface area contributed by atoms with Crippen LogP contribution in [0.1, 0.15) is 38.4 Å². The molecule has 1 aliphatic carbocycles. The number of aromatic nitrogens is 3. The van der Waals surface area contributed by atoms with Crippen molar-refractivity contribution in [3.8, 4) is 11.5 Å². The monoisotopic (exact) mass is 272 g/mol. The van der Waals surface area contributed by atoms with Crippen molar-refractivity contribution < 1.29 is 4.52 Å². The van der Waals surface area contributed by atoms with E-state index >= 15 is 0 Å². The molecule has 1 N–H and O–H groups in total. The van der Waals surface area contributed by atoms with E-state index < -0.39 is 0 Å². The fraction of sp³-hybridized carbons (Fsp3) is 0.533. The van der Waals surface area contributed by atoms with E-state index in [4.69, 9.17) is 4.52 Å². The highest BCUT2D eigenvalue weighted by molar-refractivity contribution is 5.68. The van der Waals surface area contributed by atoms with Gasteiger partial charge < -0.3 is 9.84 Å². The van der Waals surface area contributed by atoms with E-state index in [0.717, 1.165) is 11.4 Å². The highest BCUT2D eigenvalue weighted by atomic mass is 16.5. The molecule has 0 aromatic carbocycles. The van der Waals surface area contributed by atoms with Gasteiger partial charge in [0.2, 0.25) is 0 Å². The van der Waals surface area contributed by atoms with E-state index in [1.807, 2.05) is 19.1 Å². The molecule has 2 unspecified atom stereocenters. The summed E-state index contributed by atoms with van der Waals surface area (Å²) in [6, 6.07) is 4.33. The number of nitrogens with zero attached hydrogens (tertiary/aromatic N) is 3. The Labute approximate surface area is 118 Å². The average Bonchev–Trinajstić information content (AvgIpc) is 2.88. The summed E-state index contributed by atoms with van der Waals surface area (Å²) in [7, 11) is 0. The van der Waals surface area contributed by atoms with Crippen LogP contribution in [-0.2, 0) is 0 Å². The highest BCUT2D eigenvalue weighted by Gasteiger charge is 2.23. The Kier molecular flexibility index (Phi) is 3.67. The molecule has 5 heteroatoms. The molecule has 0 radical (unpaired) electrons. The third-order valence-electron chi connectivity index (χ3n) is 4.00. The van der Waals surface area contributed by atoms with Gasteiger partial charge in [-0.2, -0.15) is 4.98 Å². The third kappa shape index (κ3) is 2.66. The van der Waals surface area contributed by atoms with Gasteiger partial charge in [0.1, 0.15) is 5.82 Å². The van der Waals surface area contributed by atoms with Gasteiger partial charge in [-0.15, -0.1) is 0 Å². The second-order valence-corrected chi connectivity index (χ2v) is 5.56. The summed E-state index contributed by atoms with van der Waals surface area (Å²) in [6.45, 7) is 4.12. The minimum absolute atomic E-state index is 0.474. The van der Waals surface area contributed by atoms with Crippen LogP contribution >= 0.6 is 0 Å². The first kappa shape index (κ1) is 13.1.